The second-order valence-corrected chi connectivity index (χ2v) is 5.31. The molecule has 3 atom stereocenters. The van der Waals surface area contributed by atoms with Crippen LogP contribution in [-0.4, -0.2) is 18.1 Å². The summed E-state index contributed by atoms with van der Waals surface area (Å²) in [5.74, 6) is 0.180. The maximum absolute atomic E-state index is 13.2. The average molecular weight is 199 g/mol. The molecule has 2 saturated carbocycles. The molecule has 0 bridgehead atoms. The van der Waals surface area contributed by atoms with E-state index in [-0.39, 0.29) is 23.3 Å². The first-order chi connectivity index (χ1) is 6.50. The maximum Gasteiger partial charge on any atom is 0.223 e. The van der Waals surface area contributed by atoms with Crippen LogP contribution in [0.5, 0.6) is 0 Å². The standard InChI is InChI=1S/C11H18FNO/c1-11(2)6-7(11)10(14)13-9-5-3-4-8(9)12/h7-9H,3-6H2,1-2H3,(H,13,14)/t7?,8-,9-/m1/s1. The van der Waals surface area contributed by atoms with Gasteiger partial charge in [-0.25, -0.2) is 4.39 Å². The van der Waals surface area contributed by atoms with Crippen molar-refractivity contribution in [1.82, 2.24) is 5.32 Å². The third-order valence-electron chi connectivity index (χ3n) is 3.59. The number of hydrogen-bond donors (Lipinski definition) is 1. The molecule has 1 N–H and O–H groups in total. The van der Waals surface area contributed by atoms with Crippen LogP contribution in [0.4, 0.5) is 4.39 Å². The molecule has 14 heavy (non-hydrogen) atoms. The molecule has 0 heterocycles. The molecule has 2 aliphatic rings. The Balaban J connectivity index is 1.83. The van der Waals surface area contributed by atoms with Crippen LogP contribution in [0.1, 0.15) is 39.5 Å². The molecule has 1 unspecified atom stereocenters. The zero-order valence-electron chi connectivity index (χ0n) is 8.85. The number of halogens is 1. The van der Waals surface area contributed by atoms with Gasteiger partial charge in [-0.3, -0.25) is 4.79 Å². The van der Waals surface area contributed by atoms with Crippen LogP contribution < -0.4 is 5.32 Å². The van der Waals surface area contributed by atoms with Crippen LogP contribution in [0.3, 0.4) is 0 Å². The predicted molar refractivity (Wildman–Crippen MR) is 52.6 cm³/mol. The molecule has 2 rings (SSSR count). The number of rotatable bonds is 2. The van der Waals surface area contributed by atoms with Gasteiger partial charge < -0.3 is 5.32 Å². The van der Waals surface area contributed by atoms with Crippen molar-refractivity contribution in [1.29, 1.82) is 0 Å². The van der Waals surface area contributed by atoms with E-state index in [2.05, 4.69) is 19.2 Å². The van der Waals surface area contributed by atoms with Gasteiger partial charge in [-0.05, 0) is 31.1 Å². The number of carbonyl (C=O) groups excluding carboxylic acids is 1. The van der Waals surface area contributed by atoms with Crippen molar-refractivity contribution in [2.24, 2.45) is 11.3 Å². The minimum atomic E-state index is -0.819. The average Bonchev–Trinajstić information content (AvgIpc) is 2.54. The van der Waals surface area contributed by atoms with Gasteiger partial charge in [-0.15, -0.1) is 0 Å². The fraction of sp³-hybridized carbons (Fsp3) is 0.909. The van der Waals surface area contributed by atoms with Gasteiger partial charge in [0, 0.05) is 5.92 Å². The van der Waals surface area contributed by atoms with E-state index in [0.717, 1.165) is 19.3 Å². The lowest BCUT2D eigenvalue weighted by Gasteiger charge is -2.15. The van der Waals surface area contributed by atoms with Gasteiger partial charge in [0.1, 0.15) is 6.17 Å². The number of alkyl halides is 1. The topological polar surface area (TPSA) is 29.1 Å². The molecule has 0 spiro atoms. The maximum atomic E-state index is 13.2. The fourth-order valence-corrected chi connectivity index (χ4v) is 2.28. The summed E-state index contributed by atoms with van der Waals surface area (Å²) >= 11 is 0. The SMILES string of the molecule is CC1(C)CC1C(=O)N[C@@H]1CCC[C@H]1F. The molecule has 2 nitrogen and oxygen atoms in total. The van der Waals surface area contributed by atoms with Crippen LogP contribution in [0, 0.1) is 11.3 Å². The summed E-state index contributed by atoms with van der Waals surface area (Å²) in [5.41, 5.74) is 0.147. The first kappa shape index (κ1) is 9.94. The van der Waals surface area contributed by atoms with Crippen LogP contribution in [0.25, 0.3) is 0 Å². The molecule has 0 aromatic rings. The minimum absolute atomic E-state index is 0.0598. The Kier molecular flexibility index (Phi) is 2.28. The molecule has 2 aliphatic carbocycles. The normalized spacial score (nSPS) is 39.5. The van der Waals surface area contributed by atoms with Crippen molar-refractivity contribution in [2.75, 3.05) is 0 Å². The molecule has 1 amide bonds. The van der Waals surface area contributed by atoms with Gasteiger partial charge in [0.25, 0.3) is 0 Å². The Hall–Kier alpha value is -0.600. The second-order valence-electron chi connectivity index (χ2n) is 5.31. The van der Waals surface area contributed by atoms with E-state index >= 15 is 0 Å². The highest BCUT2D eigenvalue weighted by molar-refractivity contribution is 5.82. The molecule has 80 valence electrons. The van der Waals surface area contributed by atoms with Crippen molar-refractivity contribution in [2.45, 2.75) is 51.7 Å². The molecule has 0 saturated heterocycles. The Labute approximate surface area is 84.3 Å². The van der Waals surface area contributed by atoms with Gasteiger partial charge in [-0.2, -0.15) is 0 Å². The summed E-state index contributed by atoms with van der Waals surface area (Å²) in [6.45, 7) is 4.16. The highest BCUT2D eigenvalue weighted by Gasteiger charge is 2.51. The van der Waals surface area contributed by atoms with Crippen LogP contribution >= 0.6 is 0 Å². The van der Waals surface area contributed by atoms with Gasteiger partial charge in [0.05, 0.1) is 6.04 Å². The van der Waals surface area contributed by atoms with E-state index in [9.17, 15) is 9.18 Å². The number of amides is 1. The summed E-state index contributed by atoms with van der Waals surface area (Å²) in [5, 5.41) is 2.83. The van der Waals surface area contributed by atoms with Crippen molar-refractivity contribution < 1.29 is 9.18 Å². The number of carbonyl (C=O) groups is 1. The van der Waals surface area contributed by atoms with Crippen molar-refractivity contribution >= 4 is 5.91 Å². The highest BCUT2D eigenvalue weighted by Crippen LogP contribution is 2.51. The molecule has 0 radical (unpaired) electrons. The van der Waals surface area contributed by atoms with E-state index in [4.69, 9.17) is 0 Å². The minimum Gasteiger partial charge on any atom is -0.350 e. The quantitative estimate of drug-likeness (QED) is 0.724. The second kappa shape index (κ2) is 3.21. The zero-order chi connectivity index (χ0) is 10.3. The van der Waals surface area contributed by atoms with Gasteiger partial charge in [0.15, 0.2) is 0 Å². The first-order valence-corrected chi connectivity index (χ1v) is 5.45. The molecule has 2 fully saturated rings. The van der Waals surface area contributed by atoms with Gasteiger partial charge >= 0.3 is 0 Å². The van der Waals surface area contributed by atoms with Crippen molar-refractivity contribution in [3.05, 3.63) is 0 Å². The largest absolute Gasteiger partial charge is 0.350 e. The van der Waals surface area contributed by atoms with E-state index in [1.807, 2.05) is 0 Å². The third-order valence-corrected chi connectivity index (χ3v) is 3.59. The van der Waals surface area contributed by atoms with Gasteiger partial charge in [-0.1, -0.05) is 13.8 Å². The lowest BCUT2D eigenvalue weighted by molar-refractivity contribution is -0.124. The zero-order valence-corrected chi connectivity index (χ0v) is 8.85. The molecular weight excluding hydrogens is 181 g/mol. The lowest BCUT2D eigenvalue weighted by atomic mass is 10.1. The van der Waals surface area contributed by atoms with Crippen LogP contribution in [0.2, 0.25) is 0 Å². The van der Waals surface area contributed by atoms with Crippen molar-refractivity contribution in [3.63, 3.8) is 0 Å². The Morgan fingerprint density at radius 1 is 1.43 bits per heavy atom. The number of hydrogen-bond acceptors (Lipinski definition) is 1. The first-order valence-electron chi connectivity index (χ1n) is 5.45. The monoisotopic (exact) mass is 199 g/mol. The molecule has 0 aliphatic heterocycles. The number of nitrogens with one attached hydrogen (secondary N) is 1. The fourth-order valence-electron chi connectivity index (χ4n) is 2.28. The summed E-state index contributed by atoms with van der Waals surface area (Å²) < 4.78 is 13.2. The highest BCUT2D eigenvalue weighted by atomic mass is 19.1. The summed E-state index contributed by atoms with van der Waals surface area (Å²) in [6.07, 6.45) is 2.45. The molecule has 3 heteroatoms. The Bertz CT molecular complexity index is 252. The molecule has 0 aromatic carbocycles. The Morgan fingerprint density at radius 3 is 2.50 bits per heavy atom. The molecule has 0 aromatic heterocycles. The summed E-state index contributed by atoms with van der Waals surface area (Å²) in [4.78, 5) is 11.6. The van der Waals surface area contributed by atoms with Crippen LogP contribution in [0.15, 0.2) is 0 Å². The predicted octanol–water partition coefficient (Wildman–Crippen LogP) is 2.04. The van der Waals surface area contributed by atoms with E-state index in [0.29, 0.717) is 6.42 Å². The summed E-state index contributed by atoms with van der Waals surface area (Å²) in [7, 11) is 0. The van der Waals surface area contributed by atoms with E-state index < -0.39 is 6.17 Å². The van der Waals surface area contributed by atoms with Crippen LogP contribution in [-0.2, 0) is 4.79 Å². The van der Waals surface area contributed by atoms with E-state index in [1.165, 1.54) is 0 Å². The van der Waals surface area contributed by atoms with Crippen molar-refractivity contribution in [3.8, 4) is 0 Å². The smallest absolute Gasteiger partial charge is 0.223 e. The lowest BCUT2D eigenvalue weighted by Crippen LogP contribution is -2.39. The Morgan fingerprint density at radius 2 is 2.07 bits per heavy atom. The third kappa shape index (κ3) is 1.77. The van der Waals surface area contributed by atoms with E-state index in [1.54, 1.807) is 0 Å². The summed E-state index contributed by atoms with van der Waals surface area (Å²) in [6, 6.07) is -0.209. The molecular formula is C11H18FNO. The van der Waals surface area contributed by atoms with Gasteiger partial charge in [0.2, 0.25) is 5.91 Å².